The van der Waals surface area contributed by atoms with Crippen LogP contribution in [0.1, 0.15) is 55.6 Å². The van der Waals surface area contributed by atoms with Crippen LogP contribution < -0.4 is 5.73 Å². The lowest BCUT2D eigenvalue weighted by molar-refractivity contribution is -0.0602. The van der Waals surface area contributed by atoms with Crippen molar-refractivity contribution in [2.24, 2.45) is 28.9 Å². The first kappa shape index (κ1) is 13.3. The second-order valence-electron chi connectivity index (χ2n) is 7.97. The number of aromatic nitrogens is 1. The molecular formula is C17H26N2S. The van der Waals surface area contributed by atoms with Crippen LogP contribution in [0.5, 0.6) is 0 Å². The summed E-state index contributed by atoms with van der Waals surface area (Å²) in [5.41, 5.74) is 8.26. The Balaban J connectivity index is 1.43. The molecule has 0 aliphatic heterocycles. The molecule has 5 rings (SSSR count). The summed E-state index contributed by atoms with van der Waals surface area (Å²) in [7, 11) is 0. The molecule has 0 spiro atoms. The molecule has 0 radical (unpaired) electrons. The van der Waals surface area contributed by atoms with Crippen LogP contribution in [0, 0.1) is 30.1 Å². The molecule has 4 saturated carbocycles. The zero-order valence-corrected chi connectivity index (χ0v) is 13.3. The van der Waals surface area contributed by atoms with Gasteiger partial charge in [0, 0.05) is 23.5 Å². The molecule has 1 aromatic rings. The Morgan fingerprint density at radius 3 is 2.35 bits per heavy atom. The molecule has 2 N–H and O–H groups in total. The van der Waals surface area contributed by atoms with E-state index in [0.29, 0.717) is 11.5 Å². The van der Waals surface area contributed by atoms with E-state index in [2.05, 4.69) is 17.3 Å². The smallest absolute Gasteiger partial charge is 0.0943 e. The molecule has 4 fully saturated rings. The summed E-state index contributed by atoms with van der Waals surface area (Å²) < 4.78 is 0. The minimum absolute atomic E-state index is 0.316. The predicted molar refractivity (Wildman–Crippen MR) is 83.8 cm³/mol. The van der Waals surface area contributed by atoms with Crippen molar-refractivity contribution in [2.75, 3.05) is 0 Å². The average molecular weight is 290 g/mol. The molecular weight excluding hydrogens is 264 g/mol. The van der Waals surface area contributed by atoms with Crippen LogP contribution in [0.4, 0.5) is 0 Å². The van der Waals surface area contributed by atoms with E-state index < -0.39 is 0 Å². The van der Waals surface area contributed by atoms with Crippen molar-refractivity contribution in [1.82, 2.24) is 4.98 Å². The van der Waals surface area contributed by atoms with Gasteiger partial charge in [-0.25, -0.2) is 4.98 Å². The highest BCUT2D eigenvalue weighted by Gasteiger charge is 2.50. The second-order valence-corrected chi connectivity index (χ2v) is 8.91. The maximum Gasteiger partial charge on any atom is 0.0943 e. The SMILES string of the molecule is Cc1csc(CC(N)CC23CC4CC(CC(C4)C2)C3)n1. The Morgan fingerprint density at radius 2 is 1.85 bits per heavy atom. The number of thiazole rings is 1. The fourth-order valence-corrected chi connectivity index (χ4v) is 6.76. The number of nitrogens with zero attached hydrogens (tertiary/aromatic N) is 1. The number of rotatable bonds is 4. The summed E-state index contributed by atoms with van der Waals surface area (Å²) in [6, 6.07) is 0.316. The highest BCUT2D eigenvalue weighted by atomic mass is 32.1. The number of hydrogen-bond acceptors (Lipinski definition) is 3. The molecule has 0 aromatic carbocycles. The summed E-state index contributed by atoms with van der Waals surface area (Å²) in [6.45, 7) is 2.07. The van der Waals surface area contributed by atoms with Gasteiger partial charge in [-0.2, -0.15) is 0 Å². The molecule has 4 aliphatic carbocycles. The third-order valence-electron chi connectivity index (χ3n) is 5.96. The predicted octanol–water partition coefficient (Wildman–Crippen LogP) is 3.93. The molecule has 2 nitrogen and oxygen atoms in total. The molecule has 1 aromatic heterocycles. The summed E-state index contributed by atoms with van der Waals surface area (Å²) in [5, 5.41) is 3.38. The van der Waals surface area contributed by atoms with Gasteiger partial charge in [0.25, 0.3) is 0 Å². The van der Waals surface area contributed by atoms with Crippen molar-refractivity contribution in [1.29, 1.82) is 0 Å². The monoisotopic (exact) mass is 290 g/mol. The zero-order chi connectivity index (χ0) is 13.7. The molecule has 4 aliphatic rings. The van der Waals surface area contributed by atoms with E-state index in [9.17, 15) is 0 Å². The topological polar surface area (TPSA) is 38.9 Å². The van der Waals surface area contributed by atoms with Gasteiger partial charge >= 0.3 is 0 Å². The number of nitrogens with two attached hydrogens (primary N) is 1. The third kappa shape index (κ3) is 2.43. The van der Waals surface area contributed by atoms with Gasteiger partial charge in [-0.3, -0.25) is 0 Å². The van der Waals surface area contributed by atoms with E-state index in [1.54, 1.807) is 11.3 Å². The van der Waals surface area contributed by atoms with Crippen molar-refractivity contribution in [3.8, 4) is 0 Å². The van der Waals surface area contributed by atoms with Crippen LogP contribution in [0.25, 0.3) is 0 Å². The standard InChI is InChI=1S/C17H26N2S/c1-11-10-20-16(19-11)5-15(18)9-17-6-12-2-13(7-17)4-14(3-12)8-17/h10,12-15H,2-9,18H2,1H3. The molecule has 0 amide bonds. The Bertz CT molecular complexity index is 458. The third-order valence-corrected chi connectivity index (χ3v) is 6.95. The van der Waals surface area contributed by atoms with Crippen molar-refractivity contribution in [2.45, 2.75) is 64.3 Å². The minimum Gasteiger partial charge on any atom is -0.327 e. The van der Waals surface area contributed by atoms with E-state index in [-0.39, 0.29) is 0 Å². The van der Waals surface area contributed by atoms with Crippen LogP contribution in [-0.4, -0.2) is 11.0 Å². The van der Waals surface area contributed by atoms with Crippen molar-refractivity contribution >= 4 is 11.3 Å². The molecule has 1 unspecified atom stereocenters. The second kappa shape index (κ2) is 4.81. The Hall–Kier alpha value is -0.410. The van der Waals surface area contributed by atoms with Crippen molar-refractivity contribution in [3.05, 3.63) is 16.1 Å². The van der Waals surface area contributed by atoms with Crippen LogP contribution in [0.3, 0.4) is 0 Å². The highest BCUT2D eigenvalue weighted by molar-refractivity contribution is 7.09. The first-order chi connectivity index (χ1) is 9.60. The van der Waals surface area contributed by atoms with Crippen LogP contribution in [0.2, 0.25) is 0 Å². The number of aryl methyl sites for hydroxylation is 1. The quantitative estimate of drug-likeness (QED) is 0.912. The van der Waals surface area contributed by atoms with Gasteiger partial charge in [0.05, 0.1) is 5.01 Å². The van der Waals surface area contributed by atoms with E-state index in [1.165, 1.54) is 50.0 Å². The first-order valence-electron chi connectivity index (χ1n) is 8.27. The lowest BCUT2D eigenvalue weighted by Gasteiger charge is -2.57. The van der Waals surface area contributed by atoms with Gasteiger partial charge in [0.1, 0.15) is 0 Å². The summed E-state index contributed by atoms with van der Waals surface area (Å²) in [4.78, 5) is 4.58. The fraction of sp³-hybridized carbons (Fsp3) is 0.824. The van der Waals surface area contributed by atoms with Crippen molar-refractivity contribution in [3.63, 3.8) is 0 Å². The minimum atomic E-state index is 0.316. The van der Waals surface area contributed by atoms with Gasteiger partial charge in [-0.15, -0.1) is 11.3 Å². The van der Waals surface area contributed by atoms with E-state index in [4.69, 9.17) is 5.73 Å². The Morgan fingerprint density at radius 1 is 1.25 bits per heavy atom. The normalized spacial score (nSPS) is 40.2. The molecule has 1 heterocycles. The number of hydrogen-bond donors (Lipinski definition) is 1. The molecule has 3 heteroatoms. The molecule has 20 heavy (non-hydrogen) atoms. The Labute approximate surface area is 126 Å². The maximum atomic E-state index is 6.50. The summed E-state index contributed by atoms with van der Waals surface area (Å²) in [6.07, 6.45) is 11.2. The van der Waals surface area contributed by atoms with Gasteiger partial charge in [-0.1, -0.05) is 0 Å². The summed E-state index contributed by atoms with van der Waals surface area (Å²) >= 11 is 1.78. The van der Waals surface area contributed by atoms with Crippen LogP contribution >= 0.6 is 11.3 Å². The van der Waals surface area contributed by atoms with Gasteiger partial charge < -0.3 is 5.73 Å². The highest BCUT2D eigenvalue weighted by Crippen LogP contribution is 2.61. The lowest BCUT2D eigenvalue weighted by Crippen LogP contribution is -2.48. The average Bonchev–Trinajstić information content (AvgIpc) is 2.71. The largest absolute Gasteiger partial charge is 0.327 e. The first-order valence-corrected chi connectivity index (χ1v) is 9.15. The summed E-state index contributed by atoms with van der Waals surface area (Å²) in [5.74, 6) is 3.11. The lowest BCUT2D eigenvalue weighted by atomic mass is 9.48. The molecule has 1 atom stereocenters. The van der Waals surface area contributed by atoms with Gasteiger partial charge in [0.15, 0.2) is 0 Å². The zero-order valence-electron chi connectivity index (χ0n) is 12.5. The van der Waals surface area contributed by atoms with Gasteiger partial charge in [0.2, 0.25) is 0 Å². The van der Waals surface area contributed by atoms with Crippen molar-refractivity contribution < 1.29 is 0 Å². The van der Waals surface area contributed by atoms with Crippen LogP contribution in [0.15, 0.2) is 5.38 Å². The molecule has 0 saturated heterocycles. The van der Waals surface area contributed by atoms with E-state index in [0.717, 1.165) is 29.9 Å². The van der Waals surface area contributed by atoms with Crippen LogP contribution in [-0.2, 0) is 6.42 Å². The molecule has 110 valence electrons. The maximum absolute atomic E-state index is 6.50. The Kier molecular flexibility index (Phi) is 3.19. The molecule has 4 bridgehead atoms. The fourth-order valence-electron chi connectivity index (χ4n) is 5.89. The van der Waals surface area contributed by atoms with Gasteiger partial charge in [-0.05, 0) is 75.0 Å². The van der Waals surface area contributed by atoms with E-state index >= 15 is 0 Å². The van der Waals surface area contributed by atoms with E-state index in [1.807, 2.05) is 0 Å².